The molecule has 2 aliphatic rings. The molecule has 0 radical (unpaired) electrons. The molecule has 2 atom stereocenters. The third-order valence-electron chi connectivity index (χ3n) is 6.10. The van der Waals surface area contributed by atoms with Crippen molar-refractivity contribution < 1.29 is 9.15 Å². The number of rotatable bonds is 2. The molecule has 1 aromatic heterocycles. The summed E-state index contributed by atoms with van der Waals surface area (Å²) >= 11 is 6.07. The number of benzene rings is 3. The van der Waals surface area contributed by atoms with Crippen LogP contribution < -0.4 is 10.2 Å². The first-order chi connectivity index (χ1) is 15.6. The largest absolute Gasteiger partial charge is 0.464 e. The fourth-order valence-corrected chi connectivity index (χ4v) is 4.61. The molecular weight excluding hydrogens is 424 g/mol. The summed E-state index contributed by atoms with van der Waals surface area (Å²) in [5.74, 6) is 0.759. The van der Waals surface area contributed by atoms with E-state index in [-0.39, 0.29) is 11.5 Å². The van der Waals surface area contributed by atoms with Crippen molar-refractivity contribution in [2.24, 2.45) is 5.10 Å². The summed E-state index contributed by atoms with van der Waals surface area (Å²) in [7, 11) is 0. The van der Waals surface area contributed by atoms with Crippen LogP contribution in [0.5, 0.6) is 5.75 Å². The maximum atomic E-state index is 13.4. The van der Waals surface area contributed by atoms with E-state index in [9.17, 15) is 4.79 Å². The van der Waals surface area contributed by atoms with E-state index in [4.69, 9.17) is 25.9 Å². The van der Waals surface area contributed by atoms with Crippen molar-refractivity contribution in [3.8, 4) is 5.75 Å². The highest BCUT2D eigenvalue weighted by Crippen LogP contribution is 2.47. The van der Waals surface area contributed by atoms with Gasteiger partial charge in [0.15, 0.2) is 0 Å². The standard InChI is InChI=1S/C26H19ClN2O3/c1-15-6-11-23-19(12-15)25(30)20(14-31-23)26-29-22(18-4-2-3-5-24(18)32-26)13-21(28-29)16-7-9-17(27)10-8-16/h2-12,14,22,26H,13H2,1H3. The number of nitrogens with zero attached hydrogens (tertiary/aromatic N) is 2. The fraction of sp³-hybridized carbons (Fsp3) is 0.154. The van der Waals surface area contributed by atoms with E-state index in [0.29, 0.717) is 28.0 Å². The van der Waals surface area contributed by atoms with Crippen LogP contribution in [-0.2, 0) is 0 Å². The van der Waals surface area contributed by atoms with Gasteiger partial charge in [-0.15, -0.1) is 0 Å². The summed E-state index contributed by atoms with van der Waals surface area (Å²) in [6.07, 6.45) is 1.53. The monoisotopic (exact) mass is 442 g/mol. The molecule has 6 heteroatoms. The van der Waals surface area contributed by atoms with E-state index in [1.54, 1.807) is 0 Å². The van der Waals surface area contributed by atoms with Gasteiger partial charge in [0.25, 0.3) is 0 Å². The zero-order valence-electron chi connectivity index (χ0n) is 17.3. The van der Waals surface area contributed by atoms with Crippen molar-refractivity contribution in [1.29, 1.82) is 0 Å². The minimum atomic E-state index is -0.680. The molecule has 0 saturated carbocycles. The van der Waals surface area contributed by atoms with E-state index in [0.717, 1.165) is 28.2 Å². The Balaban J connectivity index is 1.50. The van der Waals surface area contributed by atoms with Crippen molar-refractivity contribution in [1.82, 2.24) is 5.01 Å². The Morgan fingerprint density at radius 1 is 1.03 bits per heavy atom. The van der Waals surface area contributed by atoms with Crippen LogP contribution in [0.4, 0.5) is 0 Å². The van der Waals surface area contributed by atoms with Crippen LogP contribution in [0, 0.1) is 6.92 Å². The molecule has 3 aromatic carbocycles. The predicted octanol–water partition coefficient (Wildman–Crippen LogP) is 6.00. The molecule has 6 rings (SSSR count). The minimum absolute atomic E-state index is 0.0387. The van der Waals surface area contributed by atoms with Crippen LogP contribution in [0.1, 0.15) is 40.9 Å². The second-order valence-corrected chi connectivity index (χ2v) is 8.62. The molecule has 2 unspecified atom stereocenters. The van der Waals surface area contributed by atoms with Gasteiger partial charge in [-0.3, -0.25) is 4.79 Å². The molecule has 0 bridgehead atoms. The summed E-state index contributed by atoms with van der Waals surface area (Å²) in [5.41, 5.74) is 4.87. The Morgan fingerprint density at radius 3 is 2.69 bits per heavy atom. The van der Waals surface area contributed by atoms with Crippen LogP contribution in [0.25, 0.3) is 11.0 Å². The van der Waals surface area contributed by atoms with E-state index in [2.05, 4.69) is 6.07 Å². The Hall–Kier alpha value is -3.57. The Kier molecular flexibility index (Phi) is 4.33. The van der Waals surface area contributed by atoms with Crippen LogP contribution >= 0.6 is 11.6 Å². The minimum Gasteiger partial charge on any atom is -0.464 e. The smallest absolute Gasteiger partial charge is 0.220 e. The van der Waals surface area contributed by atoms with E-state index in [1.165, 1.54) is 6.26 Å². The van der Waals surface area contributed by atoms with Gasteiger partial charge in [-0.25, -0.2) is 5.01 Å². The van der Waals surface area contributed by atoms with Gasteiger partial charge in [-0.05, 0) is 42.8 Å². The molecule has 0 fully saturated rings. The molecule has 0 aliphatic carbocycles. The van der Waals surface area contributed by atoms with E-state index >= 15 is 0 Å². The first-order valence-electron chi connectivity index (χ1n) is 10.5. The van der Waals surface area contributed by atoms with Crippen LogP contribution in [-0.4, -0.2) is 10.7 Å². The second kappa shape index (κ2) is 7.24. The number of hydrogen-bond acceptors (Lipinski definition) is 5. The summed E-state index contributed by atoms with van der Waals surface area (Å²) < 4.78 is 12.2. The van der Waals surface area contributed by atoms with E-state index in [1.807, 2.05) is 72.6 Å². The zero-order chi connectivity index (χ0) is 21.8. The highest BCUT2D eigenvalue weighted by molar-refractivity contribution is 6.30. The van der Waals surface area contributed by atoms with Gasteiger partial charge in [-0.2, -0.15) is 5.10 Å². The third kappa shape index (κ3) is 3.00. The lowest BCUT2D eigenvalue weighted by Crippen LogP contribution is -2.36. The number of hydrogen-bond donors (Lipinski definition) is 0. The third-order valence-corrected chi connectivity index (χ3v) is 6.35. The first kappa shape index (κ1) is 19.1. The highest BCUT2D eigenvalue weighted by Gasteiger charge is 2.42. The van der Waals surface area contributed by atoms with Crippen LogP contribution in [0.3, 0.4) is 0 Å². The number of fused-ring (bicyclic) bond motifs is 4. The van der Waals surface area contributed by atoms with Gasteiger partial charge in [0, 0.05) is 17.0 Å². The van der Waals surface area contributed by atoms with Gasteiger partial charge in [0.1, 0.15) is 17.6 Å². The molecule has 158 valence electrons. The number of hydrazone groups is 1. The average molecular weight is 443 g/mol. The van der Waals surface area contributed by atoms with Gasteiger partial charge < -0.3 is 9.15 Å². The SMILES string of the molecule is Cc1ccc2occ(C3Oc4ccccc4C4CC(c5ccc(Cl)cc5)=NN43)c(=O)c2c1. The number of ether oxygens (including phenoxy) is 1. The lowest BCUT2D eigenvalue weighted by atomic mass is 9.96. The van der Waals surface area contributed by atoms with Gasteiger partial charge in [-0.1, -0.05) is 53.6 Å². The molecule has 0 saturated heterocycles. The maximum Gasteiger partial charge on any atom is 0.220 e. The molecular formula is C26H19ClN2O3. The maximum absolute atomic E-state index is 13.4. The number of halogens is 1. The van der Waals surface area contributed by atoms with Crippen molar-refractivity contribution in [2.75, 3.05) is 0 Å². The zero-order valence-corrected chi connectivity index (χ0v) is 18.0. The predicted molar refractivity (Wildman–Crippen MR) is 124 cm³/mol. The van der Waals surface area contributed by atoms with E-state index < -0.39 is 6.23 Å². The van der Waals surface area contributed by atoms with Crippen molar-refractivity contribution >= 4 is 28.3 Å². The van der Waals surface area contributed by atoms with Crippen LogP contribution in [0.15, 0.2) is 87.3 Å². The molecule has 5 nitrogen and oxygen atoms in total. The van der Waals surface area contributed by atoms with Crippen molar-refractivity contribution in [3.63, 3.8) is 0 Å². The fourth-order valence-electron chi connectivity index (χ4n) is 4.49. The van der Waals surface area contributed by atoms with Gasteiger partial charge in [0.2, 0.25) is 11.7 Å². The average Bonchev–Trinajstić information content (AvgIpc) is 3.26. The normalized spacial score (nSPS) is 19.3. The first-order valence-corrected chi connectivity index (χ1v) is 10.9. The molecule has 4 aromatic rings. The molecule has 0 amide bonds. The Labute approximate surface area is 189 Å². The molecule has 32 heavy (non-hydrogen) atoms. The van der Waals surface area contributed by atoms with Crippen LogP contribution in [0.2, 0.25) is 5.02 Å². The lowest BCUT2D eigenvalue weighted by molar-refractivity contribution is -0.0205. The van der Waals surface area contributed by atoms with Crippen molar-refractivity contribution in [3.05, 3.63) is 110 Å². The molecule has 0 spiro atoms. The summed E-state index contributed by atoms with van der Waals surface area (Å²) in [5, 5.41) is 8.02. The molecule has 0 N–H and O–H groups in total. The topological polar surface area (TPSA) is 55.0 Å². The summed E-state index contributed by atoms with van der Waals surface area (Å²) in [6, 6.07) is 21.1. The number of para-hydroxylation sites is 1. The highest BCUT2D eigenvalue weighted by atomic mass is 35.5. The molecule has 2 aliphatic heterocycles. The second-order valence-electron chi connectivity index (χ2n) is 8.18. The molecule has 3 heterocycles. The Bertz CT molecular complexity index is 1440. The van der Waals surface area contributed by atoms with Gasteiger partial charge >= 0.3 is 0 Å². The summed E-state index contributed by atoms with van der Waals surface area (Å²) in [6.45, 7) is 1.96. The van der Waals surface area contributed by atoms with Gasteiger partial charge in [0.05, 0.1) is 22.7 Å². The number of aryl methyl sites for hydroxylation is 1. The summed E-state index contributed by atoms with van der Waals surface area (Å²) in [4.78, 5) is 13.4. The Morgan fingerprint density at radius 2 is 1.84 bits per heavy atom. The lowest BCUT2D eigenvalue weighted by Gasteiger charge is -2.37. The van der Waals surface area contributed by atoms with Crippen molar-refractivity contribution in [2.45, 2.75) is 25.6 Å². The quantitative estimate of drug-likeness (QED) is 0.382.